The van der Waals surface area contributed by atoms with Crippen LogP contribution in [-0.2, 0) is 4.74 Å². The smallest absolute Gasteiger partial charge is 0.161 e. The van der Waals surface area contributed by atoms with Gasteiger partial charge in [0, 0.05) is 6.54 Å². The number of hydrogen-bond acceptors (Lipinski definition) is 5. The summed E-state index contributed by atoms with van der Waals surface area (Å²) < 4.78 is 5.29. The minimum atomic E-state index is -0.504. The van der Waals surface area contributed by atoms with Gasteiger partial charge in [0.1, 0.15) is 0 Å². The van der Waals surface area contributed by atoms with E-state index in [1.165, 1.54) is 0 Å². The predicted octanol–water partition coefficient (Wildman–Crippen LogP) is 1.25. The second-order valence-corrected chi connectivity index (χ2v) is 4.30. The molecule has 0 radical (unpaired) electrons. The molecule has 1 N–H and O–H groups in total. The summed E-state index contributed by atoms with van der Waals surface area (Å²) in [4.78, 5) is 6.34. The van der Waals surface area contributed by atoms with E-state index >= 15 is 0 Å². The van der Waals surface area contributed by atoms with Crippen molar-refractivity contribution < 1.29 is 9.84 Å². The highest BCUT2D eigenvalue weighted by Gasteiger charge is 2.20. The first-order valence-corrected chi connectivity index (χ1v) is 6.14. The van der Waals surface area contributed by atoms with Crippen molar-refractivity contribution >= 4 is 5.69 Å². The van der Waals surface area contributed by atoms with Crippen molar-refractivity contribution in [2.75, 3.05) is 24.6 Å². The van der Waals surface area contributed by atoms with Crippen LogP contribution in [0.2, 0.25) is 0 Å². The Kier molecular flexibility index (Phi) is 4.13. The number of morpholine rings is 1. The van der Waals surface area contributed by atoms with E-state index in [0.29, 0.717) is 25.3 Å². The topological polar surface area (TPSA) is 69.4 Å². The summed E-state index contributed by atoms with van der Waals surface area (Å²) in [5, 5.41) is 18.5. The first-order chi connectivity index (χ1) is 8.74. The van der Waals surface area contributed by atoms with E-state index in [1.54, 1.807) is 6.20 Å². The van der Waals surface area contributed by atoms with Gasteiger partial charge in [-0.25, -0.2) is 0 Å². The molecule has 1 aliphatic rings. The summed E-state index contributed by atoms with van der Waals surface area (Å²) in [5.74, 6) is 0. The maximum atomic E-state index is 9.67. The molecular weight excluding hydrogens is 230 g/mol. The van der Waals surface area contributed by atoms with Crippen molar-refractivity contribution in [1.82, 2.24) is 4.98 Å². The van der Waals surface area contributed by atoms with Crippen molar-refractivity contribution in [2.24, 2.45) is 0 Å². The SMILES string of the molecule is CCC(O)c1ccc(N2CCOC(C#N)C2)cn1. The number of aliphatic hydroxyl groups is 1. The number of anilines is 1. The zero-order chi connectivity index (χ0) is 13.0. The van der Waals surface area contributed by atoms with Crippen molar-refractivity contribution in [3.8, 4) is 6.07 Å². The summed E-state index contributed by atoms with van der Waals surface area (Å²) >= 11 is 0. The van der Waals surface area contributed by atoms with Gasteiger partial charge in [-0.15, -0.1) is 0 Å². The van der Waals surface area contributed by atoms with Crippen LogP contribution in [0.4, 0.5) is 5.69 Å². The maximum absolute atomic E-state index is 9.67. The Bertz CT molecular complexity index is 427. The Morgan fingerprint density at radius 2 is 2.50 bits per heavy atom. The van der Waals surface area contributed by atoms with Gasteiger partial charge in [0.2, 0.25) is 0 Å². The van der Waals surface area contributed by atoms with E-state index in [1.807, 2.05) is 19.1 Å². The van der Waals surface area contributed by atoms with Crippen molar-refractivity contribution in [3.63, 3.8) is 0 Å². The molecule has 96 valence electrons. The van der Waals surface area contributed by atoms with Crippen molar-refractivity contribution in [3.05, 3.63) is 24.0 Å². The first-order valence-electron chi connectivity index (χ1n) is 6.14. The van der Waals surface area contributed by atoms with E-state index in [2.05, 4.69) is 16.0 Å². The summed E-state index contributed by atoms with van der Waals surface area (Å²) in [6.07, 6.45) is 1.52. The van der Waals surface area contributed by atoms with Crippen LogP contribution in [0.1, 0.15) is 25.1 Å². The number of rotatable bonds is 3. The molecule has 2 atom stereocenters. The first kappa shape index (κ1) is 12.8. The third kappa shape index (κ3) is 2.78. The number of aromatic nitrogens is 1. The third-order valence-electron chi connectivity index (χ3n) is 3.07. The normalized spacial score (nSPS) is 21.4. The van der Waals surface area contributed by atoms with E-state index in [0.717, 1.165) is 12.2 Å². The summed E-state index contributed by atoms with van der Waals surface area (Å²) in [7, 11) is 0. The molecule has 18 heavy (non-hydrogen) atoms. The van der Waals surface area contributed by atoms with Crippen LogP contribution in [-0.4, -0.2) is 35.9 Å². The number of nitriles is 1. The zero-order valence-electron chi connectivity index (χ0n) is 10.4. The van der Waals surface area contributed by atoms with Crippen LogP contribution in [0.3, 0.4) is 0 Å². The lowest BCUT2D eigenvalue weighted by molar-refractivity contribution is 0.0764. The number of pyridine rings is 1. The second kappa shape index (κ2) is 5.80. The molecule has 1 aromatic rings. The summed E-state index contributed by atoms with van der Waals surface area (Å²) in [6.45, 7) is 3.79. The highest BCUT2D eigenvalue weighted by Crippen LogP contribution is 2.20. The molecule has 2 unspecified atom stereocenters. The van der Waals surface area contributed by atoms with Gasteiger partial charge >= 0.3 is 0 Å². The number of ether oxygens (including phenoxy) is 1. The van der Waals surface area contributed by atoms with E-state index < -0.39 is 6.10 Å². The Balaban J connectivity index is 2.07. The summed E-state index contributed by atoms with van der Waals surface area (Å²) in [5.41, 5.74) is 1.65. The predicted molar refractivity (Wildman–Crippen MR) is 67.1 cm³/mol. The van der Waals surface area contributed by atoms with Crippen LogP contribution in [0.25, 0.3) is 0 Å². The number of hydrogen-bond donors (Lipinski definition) is 1. The fourth-order valence-electron chi connectivity index (χ4n) is 1.95. The van der Waals surface area contributed by atoms with Crippen LogP contribution in [0, 0.1) is 11.3 Å². The van der Waals surface area contributed by atoms with Gasteiger partial charge in [-0.2, -0.15) is 5.26 Å². The van der Waals surface area contributed by atoms with Gasteiger partial charge in [-0.1, -0.05) is 6.92 Å². The molecule has 1 aliphatic heterocycles. The van der Waals surface area contributed by atoms with Crippen LogP contribution < -0.4 is 4.90 Å². The minimum Gasteiger partial charge on any atom is -0.387 e. The lowest BCUT2D eigenvalue weighted by Gasteiger charge is -2.31. The van der Waals surface area contributed by atoms with E-state index in [-0.39, 0.29) is 6.10 Å². The van der Waals surface area contributed by atoms with Crippen LogP contribution in [0.5, 0.6) is 0 Å². The highest BCUT2D eigenvalue weighted by molar-refractivity contribution is 5.45. The average molecular weight is 247 g/mol. The van der Waals surface area contributed by atoms with Gasteiger partial charge in [0.05, 0.1) is 42.9 Å². The molecular formula is C13H17N3O2. The van der Waals surface area contributed by atoms with Gasteiger partial charge in [0.25, 0.3) is 0 Å². The average Bonchev–Trinajstić information content (AvgIpc) is 2.46. The molecule has 1 fully saturated rings. The van der Waals surface area contributed by atoms with Crippen LogP contribution in [0.15, 0.2) is 18.3 Å². The molecule has 2 rings (SSSR count). The summed E-state index contributed by atoms with van der Waals surface area (Å²) in [6, 6.07) is 5.88. The number of nitrogens with zero attached hydrogens (tertiary/aromatic N) is 3. The van der Waals surface area contributed by atoms with E-state index in [9.17, 15) is 5.11 Å². The van der Waals surface area contributed by atoms with Gasteiger partial charge in [-0.05, 0) is 18.6 Å². The fraction of sp³-hybridized carbons (Fsp3) is 0.538. The lowest BCUT2D eigenvalue weighted by Crippen LogP contribution is -2.41. The van der Waals surface area contributed by atoms with E-state index in [4.69, 9.17) is 10.00 Å². The monoisotopic (exact) mass is 247 g/mol. The molecule has 5 heteroatoms. The van der Waals surface area contributed by atoms with Gasteiger partial charge in [-0.3, -0.25) is 4.98 Å². The molecule has 1 saturated heterocycles. The van der Waals surface area contributed by atoms with Crippen molar-refractivity contribution in [1.29, 1.82) is 5.26 Å². The minimum absolute atomic E-state index is 0.375. The van der Waals surface area contributed by atoms with Gasteiger partial charge in [0.15, 0.2) is 6.10 Å². The molecule has 0 aliphatic carbocycles. The highest BCUT2D eigenvalue weighted by atomic mass is 16.5. The van der Waals surface area contributed by atoms with Gasteiger partial charge < -0.3 is 14.7 Å². The fourth-order valence-corrected chi connectivity index (χ4v) is 1.95. The molecule has 0 aromatic carbocycles. The maximum Gasteiger partial charge on any atom is 0.161 e. The Morgan fingerprint density at radius 1 is 1.67 bits per heavy atom. The largest absolute Gasteiger partial charge is 0.387 e. The Labute approximate surface area is 107 Å². The second-order valence-electron chi connectivity index (χ2n) is 4.30. The standard InChI is InChI=1S/C13H17N3O2/c1-2-13(17)12-4-3-10(8-15-12)16-5-6-18-11(7-14)9-16/h3-4,8,11,13,17H,2,5-6,9H2,1H3. The molecule has 0 amide bonds. The Hall–Kier alpha value is -1.64. The Morgan fingerprint density at radius 3 is 3.11 bits per heavy atom. The molecule has 0 bridgehead atoms. The molecule has 2 heterocycles. The van der Waals surface area contributed by atoms with Crippen LogP contribution >= 0.6 is 0 Å². The molecule has 5 nitrogen and oxygen atoms in total. The zero-order valence-corrected chi connectivity index (χ0v) is 10.4. The number of aliphatic hydroxyl groups excluding tert-OH is 1. The quantitative estimate of drug-likeness (QED) is 0.870. The lowest BCUT2D eigenvalue weighted by atomic mass is 10.2. The molecule has 0 spiro atoms. The third-order valence-corrected chi connectivity index (χ3v) is 3.07. The molecule has 1 aromatic heterocycles. The van der Waals surface area contributed by atoms with Crippen molar-refractivity contribution in [2.45, 2.75) is 25.6 Å². The molecule has 0 saturated carbocycles.